The predicted octanol–water partition coefficient (Wildman–Crippen LogP) is 2.35. The lowest BCUT2D eigenvalue weighted by Gasteiger charge is -2.09. The molecular weight excluding hydrogens is 280 g/mol. The summed E-state index contributed by atoms with van der Waals surface area (Å²) in [7, 11) is 0. The molecule has 22 heavy (non-hydrogen) atoms. The molecule has 0 aromatic heterocycles. The van der Waals surface area contributed by atoms with Crippen LogP contribution in [0.2, 0.25) is 0 Å². The number of carbonyl (C=O) groups excluding carboxylic acids is 1. The highest BCUT2D eigenvalue weighted by Gasteiger charge is 2.01. The smallest absolute Gasteiger partial charge is 0.222 e. The van der Waals surface area contributed by atoms with Gasteiger partial charge in [0.1, 0.15) is 0 Å². The summed E-state index contributed by atoms with van der Waals surface area (Å²) < 4.78 is 10.8. The van der Waals surface area contributed by atoms with Crippen molar-refractivity contribution < 1.29 is 14.3 Å². The fraction of sp³-hybridized carbons (Fsp3) is 0.941. The average Bonchev–Trinajstić information content (AvgIpc) is 2.44. The van der Waals surface area contributed by atoms with E-state index in [0.717, 1.165) is 25.4 Å². The maximum Gasteiger partial charge on any atom is 0.222 e. The number of unbranched alkanes of at least 4 members (excludes halogenated alkanes) is 1. The third-order valence-corrected chi connectivity index (χ3v) is 3.17. The Kier molecular flexibility index (Phi) is 14.8. The van der Waals surface area contributed by atoms with Gasteiger partial charge in [-0.3, -0.25) is 4.79 Å². The van der Waals surface area contributed by atoms with Crippen LogP contribution < -0.4 is 10.6 Å². The number of hydrogen-bond donors (Lipinski definition) is 2. The third kappa shape index (κ3) is 17.4. The first kappa shape index (κ1) is 21.4. The van der Waals surface area contributed by atoms with Crippen molar-refractivity contribution in [3.8, 4) is 0 Å². The molecule has 5 heteroatoms. The molecule has 0 saturated heterocycles. The molecule has 132 valence electrons. The SMILES string of the molecule is CC(C)CCCCNC(=O)CCOCCOCCNC(C)C. The molecule has 0 heterocycles. The lowest BCUT2D eigenvalue weighted by Crippen LogP contribution is -2.27. The monoisotopic (exact) mass is 316 g/mol. The maximum atomic E-state index is 11.5. The maximum absolute atomic E-state index is 11.5. The van der Waals surface area contributed by atoms with Gasteiger partial charge in [-0.15, -0.1) is 0 Å². The van der Waals surface area contributed by atoms with Gasteiger partial charge >= 0.3 is 0 Å². The minimum absolute atomic E-state index is 0.0756. The van der Waals surface area contributed by atoms with Crippen molar-refractivity contribution >= 4 is 5.91 Å². The number of amides is 1. The van der Waals surface area contributed by atoms with Crippen LogP contribution in [0.5, 0.6) is 0 Å². The van der Waals surface area contributed by atoms with Gasteiger partial charge in [0.2, 0.25) is 5.91 Å². The Bertz CT molecular complexity index is 258. The van der Waals surface area contributed by atoms with Crippen LogP contribution in [-0.4, -0.2) is 51.5 Å². The van der Waals surface area contributed by atoms with Crippen molar-refractivity contribution in [3.63, 3.8) is 0 Å². The second-order valence-electron chi connectivity index (χ2n) is 6.32. The van der Waals surface area contributed by atoms with Crippen LogP contribution >= 0.6 is 0 Å². The van der Waals surface area contributed by atoms with E-state index in [1.165, 1.54) is 12.8 Å². The van der Waals surface area contributed by atoms with Gasteiger partial charge in [-0.25, -0.2) is 0 Å². The molecule has 0 aliphatic carbocycles. The van der Waals surface area contributed by atoms with E-state index >= 15 is 0 Å². The van der Waals surface area contributed by atoms with Gasteiger partial charge in [0.05, 0.1) is 26.4 Å². The van der Waals surface area contributed by atoms with Crippen molar-refractivity contribution in [2.24, 2.45) is 5.92 Å². The summed E-state index contributed by atoms with van der Waals surface area (Å²) in [6, 6.07) is 0.490. The van der Waals surface area contributed by atoms with Crippen molar-refractivity contribution in [1.29, 1.82) is 0 Å². The second-order valence-corrected chi connectivity index (χ2v) is 6.32. The molecule has 0 bridgehead atoms. The van der Waals surface area contributed by atoms with E-state index in [4.69, 9.17) is 9.47 Å². The highest BCUT2D eigenvalue weighted by molar-refractivity contribution is 5.75. The van der Waals surface area contributed by atoms with Gasteiger partial charge in [0.15, 0.2) is 0 Å². The molecule has 0 unspecified atom stereocenters. The highest BCUT2D eigenvalue weighted by Crippen LogP contribution is 2.05. The van der Waals surface area contributed by atoms with Crippen molar-refractivity contribution in [2.45, 2.75) is 59.4 Å². The molecule has 0 aromatic carbocycles. The Balaban J connectivity index is 3.18. The average molecular weight is 316 g/mol. The van der Waals surface area contributed by atoms with E-state index in [1.807, 2.05) is 0 Å². The van der Waals surface area contributed by atoms with Gasteiger partial charge in [0.25, 0.3) is 0 Å². The van der Waals surface area contributed by atoms with E-state index in [1.54, 1.807) is 0 Å². The Morgan fingerprint density at radius 1 is 0.909 bits per heavy atom. The molecule has 1 amide bonds. The number of rotatable bonds is 15. The number of nitrogens with one attached hydrogen (secondary N) is 2. The molecule has 0 aliphatic rings. The summed E-state index contributed by atoms with van der Waals surface area (Å²) in [6.07, 6.45) is 3.89. The molecular formula is C17H36N2O3. The molecule has 0 rings (SSSR count). The first-order chi connectivity index (χ1) is 10.5. The minimum atomic E-state index is 0.0756. The number of hydrogen-bond acceptors (Lipinski definition) is 4. The minimum Gasteiger partial charge on any atom is -0.379 e. The summed E-state index contributed by atoms with van der Waals surface area (Å²) in [5, 5.41) is 6.21. The van der Waals surface area contributed by atoms with Crippen molar-refractivity contribution in [2.75, 3.05) is 39.5 Å². The first-order valence-electron chi connectivity index (χ1n) is 8.68. The van der Waals surface area contributed by atoms with Crippen LogP contribution in [0.4, 0.5) is 0 Å². The predicted molar refractivity (Wildman–Crippen MR) is 91.1 cm³/mol. The third-order valence-electron chi connectivity index (χ3n) is 3.17. The Morgan fingerprint density at radius 3 is 2.23 bits per heavy atom. The van der Waals surface area contributed by atoms with Crippen molar-refractivity contribution in [1.82, 2.24) is 10.6 Å². The summed E-state index contributed by atoms with van der Waals surface area (Å²) in [5.41, 5.74) is 0. The lowest BCUT2D eigenvalue weighted by atomic mass is 10.1. The Labute approximate surface area is 136 Å². The molecule has 0 radical (unpaired) electrons. The zero-order chi connectivity index (χ0) is 16.6. The van der Waals surface area contributed by atoms with E-state index in [9.17, 15) is 4.79 Å². The molecule has 0 saturated carbocycles. The summed E-state index contributed by atoms with van der Waals surface area (Å²) in [4.78, 5) is 11.5. The van der Waals surface area contributed by atoms with Crippen molar-refractivity contribution in [3.05, 3.63) is 0 Å². The normalized spacial score (nSPS) is 11.4. The highest BCUT2D eigenvalue weighted by atomic mass is 16.5. The van der Waals surface area contributed by atoms with E-state index < -0.39 is 0 Å². The largest absolute Gasteiger partial charge is 0.379 e. The van der Waals surface area contributed by atoms with Gasteiger partial charge < -0.3 is 20.1 Å². The number of carbonyl (C=O) groups is 1. The van der Waals surface area contributed by atoms with E-state index in [2.05, 4.69) is 38.3 Å². The molecule has 5 nitrogen and oxygen atoms in total. The molecule has 0 atom stereocenters. The van der Waals surface area contributed by atoms with Gasteiger partial charge in [-0.05, 0) is 12.3 Å². The Morgan fingerprint density at radius 2 is 1.59 bits per heavy atom. The van der Waals surface area contributed by atoms with Crippen LogP contribution in [0.15, 0.2) is 0 Å². The fourth-order valence-electron chi connectivity index (χ4n) is 1.90. The lowest BCUT2D eigenvalue weighted by molar-refractivity contribution is -0.122. The topological polar surface area (TPSA) is 59.6 Å². The quantitative estimate of drug-likeness (QED) is 0.455. The molecule has 0 fully saturated rings. The van der Waals surface area contributed by atoms with Crippen LogP contribution in [0.1, 0.15) is 53.4 Å². The zero-order valence-corrected chi connectivity index (χ0v) is 15.0. The summed E-state index contributed by atoms with van der Waals surface area (Å²) in [5.74, 6) is 0.819. The zero-order valence-electron chi connectivity index (χ0n) is 15.0. The van der Waals surface area contributed by atoms with Gasteiger partial charge in [0, 0.05) is 25.6 Å². The standard InChI is InChI=1S/C17H36N2O3/c1-15(2)7-5-6-9-19-17(20)8-11-21-13-14-22-12-10-18-16(3)4/h15-16,18H,5-14H2,1-4H3,(H,19,20). The molecule has 0 spiro atoms. The number of ether oxygens (including phenoxy) is 2. The molecule has 0 aromatic rings. The van der Waals surface area contributed by atoms with Crippen LogP contribution in [-0.2, 0) is 14.3 Å². The molecule has 2 N–H and O–H groups in total. The van der Waals surface area contributed by atoms with E-state index in [0.29, 0.717) is 38.9 Å². The van der Waals surface area contributed by atoms with Crippen LogP contribution in [0, 0.1) is 5.92 Å². The van der Waals surface area contributed by atoms with Crippen LogP contribution in [0.3, 0.4) is 0 Å². The van der Waals surface area contributed by atoms with Gasteiger partial charge in [-0.1, -0.05) is 40.5 Å². The fourth-order valence-corrected chi connectivity index (χ4v) is 1.90. The molecule has 0 aliphatic heterocycles. The first-order valence-corrected chi connectivity index (χ1v) is 8.68. The second kappa shape index (κ2) is 15.3. The summed E-state index contributed by atoms with van der Waals surface area (Å²) in [6.45, 7) is 12.6. The Hall–Kier alpha value is -0.650. The van der Waals surface area contributed by atoms with Gasteiger partial charge in [-0.2, -0.15) is 0 Å². The van der Waals surface area contributed by atoms with E-state index in [-0.39, 0.29) is 5.91 Å². The summed E-state index contributed by atoms with van der Waals surface area (Å²) >= 11 is 0. The van der Waals surface area contributed by atoms with Crippen LogP contribution in [0.25, 0.3) is 0 Å².